The van der Waals surface area contributed by atoms with E-state index in [4.69, 9.17) is 0 Å². The second-order valence-electron chi connectivity index (χ2n) is 11.4. The van der Waals surface area contributed by atoms with E-state index in [1.54, 1.807) is 5.57 Å². The standard InChI is InChI=1S/C27H44O3/c1-18(8-6-14-26(3,4)30)22-12-13-23-20(9-7-15-27(22,23)5)10-11-21-17-25(29)24(28)16-19(21)2/h10-11,18,22-25,28-30H,2,6-9,12-17H2,1,3-5H3/t18-,22-,23?,24+,25-,27-/m1/s1. The molecule has 3 N–H and O–H groups in total. The van der Waals surface area contributed by atoms with Gasteiger partial charge in [-0.25, -0.2) is 0 Å². The lowest BCUT2D eigenvalue weighted by Crippen LogP contribution is -2.36. The molecule has 3 nitrogen and oxygen atoms in total. The van der Waals surface area contributed by atoms with Crippen LogP contribution in [0.5, 0.6) is 0 Å². The predicted octanol–water partition coefficient (Wildman–Crippen LogP) is 5.70. The van der Waals surface area contributed by atoms with Gasteiger partial charge in [0.05, 0.1) is 17.8 Å². The van der Waals surface area contributed by atoms with Crippen molar-refractivity contribution in [1.82, 2.24) is 0 Å². The van der Waals surface area contributed by atoms with Crippen LogP contribution < -0.4 is 0 Å². The number of rotatable bonds is 6. The SMILES string of the molecule is C=C1C[C@H](O)[C@H](O)CC1=CC=C1CCC[C@@]2(C)C1CC[C@@H]2[C@H](C)CCCC(C)(C)O. The normalized spacial score (nSPS) is 38.8. The highest BCUT2D eigenvalue weighted by Gasteiger charge is 2.50. The van der Waals surface area contributed by atoms with E-state index in [0.717, 1.165) is 29.9 Å². The van der Waals surface area contributed by atoms with E-state index in [2.05, 4.69) is 32.6 Å². The summed E-state index contributed by atoms with van der Waals surface area (Å²) in [6.45, 7) is 12.9. The molecule has 0 bridgehead atoms. The molecule has 1 unspecified atom stereocenters. The number of fused-ring (bicyclic) bond motifs is 1. The predicted molar refractivity (Wildman–Crippen MR) is 124 cm³/mol. The van der Waals surface area contributed by atoms with Crippen molar-refractivity contribution in [3.05, 3.63) is 35.5 Å². The van der Waals surface area contributed by atoms with Gasteiger partial charge in [0.25, 0.3) is 0 Å². The van der Waals surface area contributed by atoms with Crippen LogP contribution in [-0.2, 0) is 0 Å². The fourth-order valence-electron chi connectivity index (χ4n) is 6.69. The van der Waals surface area contributed by atoms with Crippen molar-refractivity contribution in [3.63, 3.8) is 0 Å². The Morgan fingerprint density at radius 1 is 1.17 bits per heavy atom. The molecule has 0 radical (unpaired) electrons. The molecule has 0 saturated heterocycles. The molecule has 3 heteroatoms. The maximum Gasteiger partial charge on any atom is 0.0842 e. The first-order chi connectivity index (χ1) is 14.0. The molecule has 3 rings (SSSR count). The number of allylic oxidation sites excluding steroid dienone is 3. The van der Waals surface area contributed by atoms with Gasteiger partial charge >= 0.3 is 0 Å². The molecule has 170 valence electrons. The van der Waals surface area contributed by atoms with Gasteiger partial charge in [-0.2, -0.15) is 0 Å². The molecule has 0 aliphatic heterocycles. The van der Waals surface area contributed by atoms with E-state index in [1.165, 1.54) is 38.5 Å². The highest BCUT2D eigenvalue weighted by atomic mass is 16.3. The lowest BCUT2D eigenvalue weighted by atomic mass is 9.60. The molecule has 3 fully saturated rings. The topological polar surface area (TPSA) is 60.7 Å². The highest BCUT2D eigenvalue weighted by molar-refractivity contribution is 5.37. The molecule has 0 aromatic rings. The highest BCUT2D eigenvalue weighted by Crippen LogP contribution is 2.60. The average molecular weight is 417 g/mol. The van der Waals surface area contributed by atoms with Gasteiger partial charge in [-0.1, -0.05) is 51.0 Å². The lowest BCUT2D eigenvalue weighted by Gasteiger charge is -2.44. The fraction of sp³-hybridized carbons (Fsp3) is 0.778. The molecule has 0 heterocycles. The second kappa shape index (κ2) is 9.30. The van der Waals surface area contributed by atoms with Gasteiger partial charge < -0.3 is 15.3 Å². The number of aliphatic hydroxyl groups is 3. The average Bonchev–Trinajstić information content (AvgIpc) is 3.00. The Morgan fingerprint density at radius 2 is 1.87 bits per heavy atom. The largest absolute Gasteiger partial charge is 0.390 e. The van der Waals surface area contributed by atoms with E-state index in [1.807, 2.05) is 13.8 Å². The third-order valence-electron chi connectivity index (χ3n) is 8.45. The van der Waals surface area contributed by atoms with Crippen molar-refractivity contribution in [1.29, 1.82) is 0 Å². The molecule has 3 saturated carbocycles. The van der Waals surface area contributed by atoms with Crippen LogP contribution in [0.3, 0.4) is 0 Å². The quantitative estimate of drug-likeness (QED) is 0.520. The zero-order valence-electron chi connectivity index (χ0n) is 19.7. The summed E-state index contributed by atoms with van der Waals surface area (Å²) in [7, 11) is 0. The molecule has 3 aliphatic rings. The van der Waals surface area contributed by atoms with Crippen molar-refractivity contribution in [2.24, 2.45) is 23.2 Å². The zero-order chi connectivity index (χ0) is 22.1. The van der Waals surface area contributed by atoms with E-state index in [-0.39, 0.29) is 0 Å². The summed E-state index contributed by atoms with van der Waals surface area (Å²) < 4.78 is 0. The van der Waals surface area contributed by atoms with E-state index in [0.29, 0.717) is 30.1 Å². The Labute approximate surface area is 184 Å². The minimum Gasteiger partial charge on any atom is -0.390 e. The summed E-state index contributed by atoms with van der Waals surface area (Å²) in [5.41, 5.74) is 3.48. The third kappa shape index (κ3) is 5.29. The van der Waals surface area contributed by atoms with Crippen molar-refractivity contribution >= 4 is 0 Å². The van der Waals surface area contributed by atoms with E-state index in [9.17, 15) is 15.3 Å². The molecular weight excluding hydrogens is 372 g/mol. The second-order valence-corrected chi connectivity index (χ2v) is 11.4. The van der Waals surface area contributed by atoms with Crippen LogP contribution in [0.2, 0.25) is 0 Å². The first kappa shape index (κ1) is 23.8. The summed E-state index contributed by atoms with van der Waals surface area (Å²) in [5, 5.41) is 29.9. The molecule has 0 aromatic heterocycles. The van der Waals surface area contributed by atoms with Gasteiger partial charge in [-0.3, -0.25) is 0 Å². The van der Waals surface area contributed by atoms with Crippen LogP contribution in [0.4, 0.5) is 0 Å². The Bertz CT molecular complexity index is 683. The number of hydrogen-bond donors (Lipinski definition) is 3. The van der Waals surface area contributed by atoms with Gasteiger partial charge in [-0.05, 0) is 86.7 Å². The maximum absolute atomic E-state index is 10.0. The van der Waals surface area contributed by atoms with Crippen LogP contribution >= 0.6 is 0 Å². The summed E-state index contributed by atoms with van der Waals surface area (Å²) in [5.74, 6) is 2.13. The zero-order valence-corrected chi connectivity index (χ0v) is 19.7. The van der Waals surface area contributed by atoms with Crippen LogP contribution in [0.15, 0.2) is 35.5 Å². The lowest BCUT2D eigenvalue weighted by molar-refractivity contribution is 0.0138. The molecule has 3 aliphatic carbocycles. The summed E-state index contributed by atoms with van der Waals surface area (Å²) in [6, 6.07) is 0. The van der Waals surface area contributed by atoms with Gasteiger partial charge in [0.15, 0.2) is 0 Å². The van der Waals surface area contributed by atoms with Gasteiger partial charge in [-0.15, -0.1) is 0 Å². The Balaban J connectivity index is 1.69. The Morgan fingerprint density at radius 3 is 2.57 bits per heavy atom. The smallest absolute Gasteiger partial charge is 0.0842 e. The summed E-state index contributed by atoms with van der Waals surface area (Å²) in [4.78, 5) is 0. The molecule has 0 amide bonds. The van der Waals surface area contributed by atoms with Crippen LogP contribution in [-0.4, -0.2) is 33.1 Å². The Kier molecular flexibility index (Phi) is 7.37. The number of hydrogen-bond acceptors (Lipinski definition) is 3. The van der Waals surface area contributed by atoms with Gasteiger partial charge in [0.1, 0.15) is 0 Å². The van der Waals surface area contributed by atoms with Crippen LogP contribution in [0.25, 0.3) is 0 Å². The van der Waals surface area contributed by atoms with Crippen molar-refractivity contribution in [2.45, 2.75) is 110 Å². The first-order valence-corrected chi connectivity index (χ1v) is 12.2. The van der Waals surface area contributed by atoms with E-state index >= 15 is 0 Å². The van der Waals surface area contributed by atoms with Gasteiger partial charge in [0.2, 0.25) is 0 Å². The van der Waals surface area contributed by atoms with Gasteiger partial charge in [0, 0.05) is 12.8 Å². The molecule has 6 atom stereocenters. The molecular formula is C27H44O3. The van der Waals surface area contributed by atoms with Crippen molar-refractivity contribution in [3.8, 4) is 0 Å². The molecule has 0 aromatic carbocycles. The Hall–Kier alpha value is -0.900. The van der Waals surface area contributed by atoms with E-state index < -0.39 is 17.8 Å². The first-order valence-electron chi connectivity index (χ1n) is 12.2. The third-order valence-corrected chi connectivity index (χ3v) is 8.45. The van der Waals surface area contributed by atoms with Crippen molar-refractivity contribution in [2.75, 3.05) is 0 Å². The minimum atomic E-state index is -0.672. The summed E-state index contributed by atoms with van der Waals surface area (Å²) in [6.07, 6.45) is 13.7. The number of aliphatic hydroxyl groups excluding tert-OH is 2. The monoisotopic (exact) mass is 416 g/mol. The maximum atomic E-state index is 10.0. The van der Waals surface area contributed by atoms with Crippen LogP contribution in [0, 0.1) is 23.2 Å². The van der Waals surface area contributed by atoms with Crippen LogP contribution in [0.1, 0.15) is 91.9 Å². The molecule has 30 heavy (non-hydrogen) atoms. The van der Waals surface area contributed by atoms with Crippen molar-refractivity contribution < 1.29 is 15.3 Å². The minimum absolute atomic E-state index is 0.385. The summed E-state index contributed by atoms with van der Waals surface area (Å²) >= 11 is 0. The molecule has 0 spiro atoms. The fourth-order valence-corrected chi connectivity index (χ4v) is 6.69.